The molecule has 0 fully saturated rings. The van der Waals surface area contributed by atoms with E-state index in [1.165, 1.54) is 19.2 Å². The summed E-state index contributed by atoms with van der Waals surface area (Å²) in [5.41, 5.74) is 1.46. The second-order valence-corrected chi connectivity index (χ2v) is 7.39. The SMILES string of the molecule is COC(=O)C(CC=Cc1ccc(N(C)c2ncccn2)cc1)NC(=O)c1c(F)cccc1Cl. The van der Waals surface area contributed by atoms with Crippen LogP contribution in [-0.4, -0.2) is 42.0 Å². The van der Waals surface area contributed by atoms with E-state index in [-0.39, 0.29) is 17.0 Å². The van der Waals surface area contributed by atoms with Crippen molar-refractivity contribution in [1.29, 1.82) is 0 Å². The number of halogens is 2. The van der Waals surface area contributed by atoms with Crippen LogP contribution in [0.4, 0.5) is 16.0 Å². The predicted octanol–water partition coefficient (Wildman–Crippen LogP) is 4.41. The molecule has 0 aliphatic heterocycles. The van der Waals surface area contributed by atoms with Crippen molar-refractivity contribution in [1.82, 2.24) is 15.3 Å². The standard InChI is InChI=1S/C24H22ClFN4O3/c1-30(24-27-14-5-15-28-24)17-12-10-16(11-13-17)6-3-9-20(23(32)33-2)29-22(31)21-18(25)7-4-8-19(21)26/h3-8,10-15,20H,9H2,1-2H3,(H,29,31). The highest BCUT2D eigenvalue weighted by atomic mass is 35.5. The Morgan fingerprint density at radius 3 is 2.48 bits per heavy atom. The minimum atomic E-state index is -1.00. The molecular weight excluding hydrogens is 447 g/mol. The molecule has 0 bridgehead atoms. The Balaban J connectivity index is 1.66. The molecular formula is C24H22ClFN4O3. The molecule has 0 saturated heterocycles. The summed E-state index contributed by atoms with van der Waals surface area (Å²) >= 11 is 5.94. The topological polar surface area (TPSA) is 84.4 Å². The summed E-state index contributed by atoms with van der Waals surface area (Å²) in [5.74, 6) is -1.64. The summed E-state index contributed by atoms with van der Waals surface area (Å²) in [5, 5.41) is 2.44. The first-order valence-electron chi connectivity index (χ1n) is 10.0. The average molecular weight is 469 g/mol. The number of carbonyl (C=O) groups is 2. The highest BCUT2D eigenvalue weighted by Gasteiger charge is 2.24. The largest absolute Gasteiger partial charge is 0.467 e. The van der Waals surface area contributed by atoms with Crippen LogP contribution in [0.3, 0.4) is 0 Å². The van der Waals surface area contributed by atoms with Crippen LogP contribution < -0.4 is 10.2 Å². The van der Waals surface area contributed by atoms with Crippen molar-refractivity contribution in [2.45, 2.75) is 12.5 Å². The molecule has 33 heavy (non-hydrogen) atoms. The van der Waals surface area contributed by atoms with Crippen molar-refractivity contribution in [2.75, 3.05) is 19.1 Å². The van der Waals surface area contributed by atoms with Gasteiger partial charge < -0.3 is 15.0 Å². The lowest BCUT2D eigenvalue weighted by Gasteiger charge is -2.17. The quantitative estimate of drug-likeness (QED) is 0.493. The number of aromatic nitrogens is 2. The molecule has 0 spiro atoms. The molecule has 1 heterocycles. The maximum Gasteiger partial charge on any atom is 0.328 e. The lowest BCUT2D eigenvalue weighted by Crippen LogP contribution is -2.41. The van der Waals surface area contributed by atoms with Gasteiger partial charge in [0.2, 0.25) is 5.95 Å². The predicted molar refractivity (Wildman–Crippen MR) is 125 cm³/mol. The number of methoxy groups -OCH3 is 1. The normalized spacial score (nSPS) is 11.8. The summed E-state index contributed by atoms with van der Waals surface area (Å²) in [4.78, 5) is 34.9. The summed E-state index contributed by atoms with van der Waals surface area (Å²) in [6.45, 7) is 0. The van der Waals surface area contributed by atoms with Crippen LogP contribution in [0.1, 0.15) is 22.3 Å². The van der Waals surface area contributed by atoms with Crippen LogP contribution in [0, 0.1) is 5.82 Å². The van der Waals surface area contributed by atoms with Gasteiger partial charge in [0.25, 0.3) is 5.91 Å². The molecule has 1 unspecified atom stereocenters. The fraction of sp³-hybridized carbons (Fsp3) is 0.167. The molecule has 3 aromatic rings. The third-order valence-electron chi connectivity index (χ3n) is 4.80. The van der Waals surface area contributed by atoms with E-state index in [9.17, 15) is 14.0 Å². The number of benzene rings is 2. The third-order valence-corrected chi connectivity index (χ3v) is 5.11. The first-order chi connectivity index (χ1) is 15.9. The maximum atomic E-state index is 14.0. The molecule has 0 saturated carbocycles. The van der Waals surface area contributed by atoms with Gasteiger partial charge in [-0.05, 0) is 42.3 Å². The summed E-state index contributed by atoms with van der Waals surface area (Å²) in [6, 6.07) is 12.3. The Labute approximate surface area is 195 Å². The summed E-state index contributed by atoms with van der Waals surface area (Å²) in [7, 11) is 3.08. The number of hydrogen-bond donors (Lipinski definition) is 1. The first-order valence-corrected chi connectivity index (χ1v) is 10.4. The highest BCUT2D eigenvalue weighted by molar-refractivity contribution is 6.33. The van der Waals surface area contributed by atoms with E-state index in [1.54, 1.807) is 30.6 Å². The Kier molecular flexibility index (Phi) is 8.10. The molecule has 0 radical (unpaired) electrons. The molecule has 170 valence electrons. The van der Waals surface area contributed by atoms with Crippen molar-refractivity contribution in [3.63, 3.8) is 0 Å². The minimum absolute atomic E-state index is 0.0439. The molecule has 2 aromatic carbocycles. The fourth-order valence-electron chi connectivity index (χ4n) is 3.03. The number of ether oxygens (including phenoxy) is 1. The molecule has 0 aliphatic carbocycles. The molecule has 1 amide bonds. The molecule has 1 atom stereocenters. The zero-order valence-corrected chi connectivity index (χ0v) is 18.8. The van der Waals surface area contributed by atoms with Gasteiger partial charge in [-0.25, -0.2) is 19.2 Å². The number of nitrogens with zero attached hydrogens (tertiary/aromatic N) is 3. The van der Waals surface area contributed by atoms with Gasteiger partial charge in [0.1, 0.15) is 11.9 Å². The van der Waals surface area contributed by atoms with Crippen LogP contribution in [0.2, 0.25) is 5.02 Å². The number of esters is 1. The Hall–Kier alpha value is -3.78. The van der Waals surface area contributed by atoms with Gasteiger partial charge in [-0.1, -0.05) is 42.0 Å². The maximum absolute atomic E-state index is 14.0. The van der Waals surface area contributed by atoms with E-state index >= 15 is 0 Å². The molecule has 7 nitrogen and oxygen atoms in total. The first kappa shape index (κ1) is 23.9. The van der Waals surface area contributed by atoms with E-state index in [1.807, 2.05) is 36.2 Å². The Morgan fingerprint density at radius 1 is 1.15 bits per heavy atom. The number of amides is 1. The van der Waals surface area contributed by atoms with Crippen LogP contribution in [-0.2, 0) is 9.53 Å². The van der Waals surface area contributed by atoms with Gasteiger partial charge >= 0.3 is 5.97 Å². The number of rotatable bonds is 8. The van der Waals surface area contributed by atoms with E-state index in [4.69, 9.17) is 16.3 Å². The van der Waals surface area contributed by atoms with Gasteiger partial charge in [0.15, 0.2) is 0 Å². The van der Waals surface area contributed by atoms with Crippen LogP contribution in [0.25, 0.3) is 6.08 Å². The Bertz CT molecular complexity index is 1120. The van der Waals surface area contributed by atoms with Crippen molar-refractivity contribution in [3.05, 3.63) is 89.0 Å². The zero-order chi connectivity index (χ0) is 23.8. The van der Waals surface area contributed by atoms with Crippen molar-refractivity contribution in [3.8, 4) is 0 Å². The van der Waals surface area contributed by atoms with Crippen LogP contribution in [0.5, 0.6) is 0 Å². The van der Waals surface area contributed by atoms with Crippen LogP contribution in [0.15, 0.2) is 67.0 Å². The van der Waals surface area contributed by atoms with E-state index < -0.39 is 23.7 Å². The monoisotopic (exact) mass is 468 g/mol. The lowest BCUT2D eigenvalue weighted by atomic mass is 10.1. The third kappa shape index (κ3) is 6.14. The Morgan fingerprint density at radius 2 is 1.85 bits per heavy atom. The number of hydrogen-bond acceptors (Lipinski definition) is 6. The van der Waals surface area contributed by atoms with Crippen LogP contribution >= 0.6 is 11.6 Å². The van der Waals surface area contributed by atoms with Gasteiger partial charge in [-0.2, -0.15) is 0 Å². The summed E-state index contributed by atoms with van der Waals surface area (Å²) < 4.78 is 18.8. The van der Waals surface area contributed by atoms with Gasteiger partial charge in [-0.15, -0.1) is 0 Å². The smallest absolute Gasteiger partial charge is 0.328 e. The number of nitrogens with one attached hydrogen (secondary N) is 1. The second-order valence-electron chi connectivity index (χ2n) is 6.98. The van der Waals surface area contributed by atoms with Gasteiger partial charge in [0, 0.05) is 25.1 Å². The molecule has 0 aliphatic rings. The molecule has 9 heteroatoms. The van der Waals surface area contributed by atoms with Crippen molar-refractivity contribution >= 4 is 41.2 Å². The summed E-state index contributed by atoms with van der Waals surface area (Å²) in [6.07, 6.45) is 7.02. The van der Waals surface area contributed by atoms with E-state index in [2.05, 4.69) is 15.3 Å². The van der Waals surface area contributed by atoms with Crippen molar-refractivity contribution in [2.24, 2.45) is 0 Å². The number of carbonyl (C=O) groups excluding carboxylic acids is 2. The molecule has 1 N–H and O–H groups in total. The lowest BCUT2D eigenvalue weighted by molar-refractivity contribution is -0.142. The van der Waals surface area contributed by atoms with E-state index in [0.717, 1.165) is 17.3 Å². The minimum Gasteiger partial charge on any atom is -0.467 e. The highest BCUT2D eigenvalue weighted by Crippen LogP contribution is 2.21. The second kappa shape index (κ2) is 11.2. The van der Waals surface area contributed by atoms with E-state index in [0.29, 0.717) is 5.95 Å². The van der Waals surface area contributed by atoms with Gasteiger partial charge in [0.05, 0.1) is 17.7 Å². The zero-order valence-electron chi connectivity index (χ0n) is 18.0. The fourth-order valence-corrected chi connectivity index (χ4v) is 3.28. The average Bonchev–Trinajstić information content (AvgIpc) is 2.83. The van der Waals surface area contributed by atoms with Crippen molar-refractivity contribution < 1.29 is 18.7 Å². The molecule has 1 aromatic heterocycles. The number of anilines is 2. The van der Waals surface area contributed by atoms with Gasteiger partial charge in [-0.3, -0.25) is 4.79 Å². The molecule has 3 rings (SSSR count).